The summed E-state index contributed by atoms with van der Waals surface area (Å²) in [7, 11) is 8.52. The number of hydrogen-bond donors (Lipinski definition) is 7. The van der Waals surface area contributed by atoms with Crippen molar-refractivity contribution in [3.8, 4) is 0 Å². The molecule has 4 rings (SSSR count). The maximum absolute atomic E-state index is 15.7. The highest BCUT2D eigenvalue weighted by Crippen LogP contribution is 2.34. The summed E-state index contributed by atoms with van der Waals surface area (Å²) in [6.45, 7) is 25.4. The Kier molecular flexibility index (Phi) is 38.0. The van der Waals surface area contributed by atoms with E-state index in [-0.39, 0.29) is 92.9 Å². The average molecular weight is 1510 g/mol. The predicted molar refractivity (Wildman–Crippen MR) is 409 cm³/mol. The van der Waals surface area contributed by atoms with Crippen molar-refractivity contribution in [1.29, 1.82) is 0 Å². The van der Waals surface area contributed by atoms with E-state index in [1.807, 2.05) is 76.2 Å². The van der Waals surface area contributed by atoms with Gasteiger partial charge in [0.25, 0.3) is 0 Å². The number of amides is 13. The molecule has 28 nitrogen and oxygen atoms in total. The SMILES string of the molecule is CCCCN1CC(=O)N(C)[C@@H](CC(C)C)C(=O)N[C@@H](CC2CCC(C(=O)N(C)O)CC2)C(=O)N(C)[C@@H](CC(C)C)C(=O)N(C)[C@@H](CC(C)C)C(=O)N[C@H](C(=O)N2CCCCC2)CC(=O)N[C@H](CC(C)C)C(=O)N(C)[C@@H](CC2CCCCC2)C(=O)N[C@@H](C(C)C)C(=O)N(C)C(CC(C)C)C(=O)N[C@@H]([C@@H](C)O)C1=O. The number of hydroxylamine groups is 2. The van der Waals surface area contributed by atoms with Crippen LogP contribution in [0.1, 0.15) is 238 Å². The van der Waals surface area contributed by atoms with Gasteiger partial charge in [0.1, 0.15) is 60.4 Å². The molecule has 107 heavy (non-hydrogen) atoms. The van der Waals surface area contributed by atoms with Crippen LogP contribution in [-0.2, 0) is 62.3 Å². The van der Waals surface area contributed by atoms with Gasteiger partial charge in [-0.2, -0.15) is 0 Å². The van der Waals surface area contributed by atoms with Gasteiger partial charge in [0.05, 0.1) is 19.1 Å². The Labute approximate surface area is 639 Å². The van der Waals surface area contributed by atoms with Crippen molar-refractivity contribution in [2.24, 2.45) is 53.3 Å². The van der Waals surface area contributed by atoms with Crippen molar-refractivity contribution in [3.63, 3.8) is 0 Å². The summed E-state index contributed by atoms with van der Waals surface area (Å²) >= 11 is 0. The smallest absolute Gasteiger partial charge is 0.248 e. The van der Waals surface area contributed by atoms with E-state index in [0.717, 1.165) is 38.5 Å². The van der Waals surface area contributed by atoms with Crippen molar-refractivity contribution in [2.45, 2.75) is 305 Å². The minimum absolute atomic E-state index is 0.00715. The van der Waals surface area contributed by atoms with E-state index in [1.165, 1.54) is 78.6 Å². The first kappa shape index (κ1) is 92.4. The zero-order valence-electron chi connectivity index (χ0n) is 68.7. The Hall–Kier alpha value is -6.97. The average Bonchev–Trinajstić information content (AvgIpc) is 0.815. The zero-order chi connectivity index (χ0) is 80.6. The molecule has 2 saturated carbocycles. The van der Waals surface area contributed by atoms with Gasteiger partial charge in [-0.15, -0.1) is 0 Å². The van der Waals surface area contributed by atoms with Crippen LogP contribution in [0.25, 0.3) is 0 Å². The maximum atomic E-state index is 15.7. The molecule has 0 aromatic heterocycles. The van der Waals surface area contributed by atoms with Crippen molar-refractivity contribution >= 4 is 76.8 Å². The predicted octanol–water partition coefficient (Wildman–Crippen LogP) is 5.87. The zero-order valence-corrected chi connectivity index (χ0v) is 68.7. The molecule has 1 unspecified atom stereocenters. The summed E-state index contributed by atoms with van der Waals surface area (Å²) in [5.74, 6) is -11.1. The van der Waals surface area contributed by atoms with Crippen LogP contribution in [0.5, 0.6) is 0 Å². The van der Waals surface area contributed by atoms with Crippen molar-refractivity contribution in [2.75, 3.05) is 68.5 Å². The minimum atomic E-state index is -1.65. The fraction of sp³-hybridized carbons (Fsp3) is 0.835. The Morgan fingerprint density at radius 2 is 0.907 bits per heavy atom. The fourth-order valence-corrected chi connectivity index (χ4v) is 15.6. The Balaban J connectivity index is 2.02. The second-order valence-corrected chi connectivity index (χ2v) is 34.0. The van der Waals surface area contributed by atoms with Crippen LogP contribution in [0.4, 0.5) is 0 Å². The van der Waals surface area contributed by atoms with E-state index < -0.39 is 168 Å². The Bertz CT molecular complexity index is 2960. The third kappa shape index (κ3) is 27.8. The van der Waals surface area contributed by atoms with Crippen LogP contribution in [0.3, 0.4) is 0 Å². The molecule has 610 valence electrons. The highest BCUT2D eigenvalue weighted by atomic mass is 16.5. The van der Waals surface area contributed by atoms with Crippen molar-refractivity contribution in [1.82, 2.24) is 65.9 Å². The number of aliphatic hydroxyl groups excluding tert-OH is 1. The molecular formula is C79H139N13O15. The molecule has 2 saturated heterocycles. The van der Waals surface area contributed by atoms with E-state index >= 15 is 38.4 Å². The van der Waals surface area contributed by atoms with Crippen LogP contribution >= 0.6 is 0 Å². The summed E-state index contributed by atoms with van der Waals surface area (Å²) in [4.78, 5) is 205. The number of carbonyl (C=O) groups is 13. The second-order valence-electron chi connectivity index (χ2n) is 34.0. The topological polar surface area (TPSA) is 348 Å². The molecule has 13 amide bonds. The molecule has 0 radical (unpaired) electrons. The fourth-order valence-electron chi connectivity index (χ4n) is 15.6. The molecule has 0 aromatic carbocycles. The van der Waals surface area contributed by atoms with E-state index in [2.05, 4.69) is 26.6 Å². The van der Waals surface area contributed by atoms with Crippen molar-refractivity contribution < 1.29 is 72.6 Å². The highest BCUT2D eigenvalue weighted by Gasteiger charge is 2.45. The number of rotatable bonds is 21. The molecule has 11 atom stereocenters. The molecule has 0 spiro atoms. The number of piperidine rings is 1. The first-order valence-corrected chi connectivity index (χ1v) is 40.2. The van der Waals surface area contributed by atoms with Gasteiger partial charge in [-0.05, 0) is 151 Å². The first-order valence-electron chi connectivity index (χ1n) is 40.2. The van der Waals surface area contributed by atoms with E-state index in [1.54, 1.807) is 18.7 Å². The van der Waals surface area contributed by atoms with Gasteiger partial charge in [0.2, 0.25) is 76.8 Å². The molecule has 28 heteroatoms. The molecule has 2 aliphatic carbocycles. The molecule has 4 fully saturated rings. The lowest BCUT2D eigenvalue weighted by Crippen LogP contribution is -2.62. The maximum Gasteiger partial charge on any atom is 0.248 e. The number of likely N-dealkylation sites (N-methyl/N-ethyl adjacent to an activating group) is 5. The lowest BCUT2D eigenvalue weighted by molar-refractivity contribution is -0.165. The number of hydrogen-bond acceptors (Lipinski definition) is 15. The van der Waals surface area contributed by atoms with Crippen LogP contribution in [0.2, 0.25) is 0 Å². The number of likely N-dealkylation sites (tertiary alicyclic amines) is 1. The second kappa shape index (κ2) is 44.0. The Morgan fingerprint density at radius 1 is 0.467 bits per heavy atom. The third-order valence-corrected chi connectivity index (χ3v) is 22.1. The molecule has 7 N–H and O–H groups in total. The lowest BCUT2D eigenvalue weighted by atomic mass is 9.78. The molecule has 0 aromatic rings. The normalized spacial score (nSPS) is 27.5. The quantitative estimate of drug-likeness (QED) is 0.0522. The number of nitrogens with one attached hydrogen (secondary N) is 5. The summed E-state index contributed by atoms with van der Waals surface area (Å²) in [5.41, 5.74) is 0. The highest BCUT2D eigenvalue weighted by molar-refractivity contribution is 6.00. The molecular weight excluding hydrogens is 1370 g/mol. The lowest BCUT2D eigenvalue weighted by Gasteiger charge is -2.39. The van der Waals surface area contributed by atoms with Gasteiger partial charge < -0.3 is 66.0 Å². The number of unbranched alkanes of at least 4 members (excludes halogenated alkanes) is 1. The van der Waals surface area contributed by atoms with Crippen LogP contribution in [0.15, 0.2) is 0 Å². The Morgan fingerprint density at radius 3 is 1.41 bits per heavy atom. The summed E-state index contributed by atoms with van der Waals surface area (Å²) < 4.78 is 0. The van der Waals surface area contributed by atoms with Crippen molar-refractivity contribution in [3.05, 3.63) is 0 Å². The van der Waals surface area contributed by atoms with Gasteiger partial charge in [-0.25, -0.2) is 5.06 Å². The first-order chi connectivity index (χ1) is 50.1. The molecule has 4 aliphatic rings. The van der Waals surface area contributed by atoms with Crippen LogP contribution in [-0.4, -0.2) is 261 Å². The molecule has 2 aliphatic heterocycles. The number of nitrogens with zero attached hydrogens (tertiary/aromatic N) is 8. The van der Waals surface area contributed by atoms with Gasteiger partial charge in [-0.1, -0.05) is 129 Å². The van der Waals surface area contributed by atoms with Gasteiger partial charge >= 0.3 is 0 Å². The van der Waals surface area contributed by atoms with Crippen LogP contribution in [0, 0.1) is 53.3 Å². The summed E-state index contributed by atoms with van der Waals surface area (Å²) in [6, 6.07) is -13.2. The summed E-state index contributed by atoms with van der Waals surface area (Å²) in [6.07, 6.45) is 7.69. The summed E-state index contributed by atoms with van der Waals surface area (Å²) in [5, 5.41) is 36.7. The van der Waals surface area contributed by atoms with E-state index in [0.29, 0.717) is 69.5 Å². The number of carbonyl (C=O) groups excluding carboxylic acids is 13. The van der Waals surface area contributed by atoms with Gasteiger partial charge in [0, 0.05) is 67.8 Å². The van der Waals surface area contributed by atoms with Crippen LogP contribution < -0.4 is 26.6 Å². The van der Waals surface area contributed by atoms with Gasteiger partial charge in [0.15, 0.2) is 0 Å². The minimum Gasteiger partial charge on any atom is -0.391 e. The van der Waals surface area contributed by atoms with E-state index in [9.17, 15) is 34.3 Å². The van der Waals surface area contributed by atoms with Gasteiger partial charge in [-0.3, -0.25) is 67.5 Å². The molecule has 2 heterocycles. The van der Waals surface area contributed by atoms with E-state index in [4.69, 9.17) is 0 Å². The standard InChI is InChI=1S/C79H139N13O15/c1-21-22-35-92-46-66(95)85(15)60(39-48(4)5)69(96)81-58(43-55-31-33-56(34-32-55)73(100)90(20)107)75(102)89(19)64(42-51(10)11)77(104)87(17)61(40-49(6)7)70(97)82-59(76(103)91-36-27-24-28-37-91)45-65(94)80-57(38-47(2)3)74(101)86(16)63(44-54-29-25-23-26-30-54)72(99)83-67(52(12)13)78(105)88(18)62(41-50(8)9)71(98)84-68(53(14)93)79(92)106/h47-64,67-68,93,107H,21-46H2,1-20H3,(H,80,94)(H,81,96)(H,82,97)(H,83,99)(H,84,98)/t53-,55?,56?,57-,58+,59+,60+,61+,62?,63+,64+,67+,68+/m1/s1. The number of aliphatic hydroxyl groups is 1. The largest absolute Gasteiger partial charge is 0.391 e. The monoisotopic (exact) mass is 1510 g/mol. The third-order valence-electron chi connectivity index (χ3n) is 22.1. The molecule has 0 bridgehead atoms.